The van der Waals surface area contributed by atoms with Crippen molar-refractivity contribution in [1.82, 2.24) is 0 Å². The van der Waals surface area contributed by atoms with Crippen molar-refractivity contribution in [2.24, 2.45) is 0 Å². The molecule has 0 aromatic heterocycles. The fourth-order valence-electron chi connectivity index (χ4n) is 0.993. The standard InChI is InChI=1S/C9H8F3NO3S/c10-9(11,12)8(14)5-17-7-4-2-1-3-6(7)13(15)16/h1-4,8,14H,5H2. The Bertz CT molecular complexity index is 411. The molecule has 94 valence electrons. The summed E-state index contributed by atoms with van der Waals surface area (Å²) in [5.74, 6) is -0.672. The molecule has 1 aromatic carbocycles. The molecule has 1 unspecified atom stereocenters. The van der Waals surface area contributed by atoms with Crippen molar-refractivity contribution >= 4 is 17.4 Å². The first-order valence-corrected chi connectivity index (χ1v) is 5.42. The van der Waals surface area contributed by atoms with Gasteiger partial charge in [0.15, 0.2) is 6.10 Å². The highest BCUT2D eigenvalue weighted by Gasteiger charge is 2.38. The minimum Gasteiger partial charge on any atom is -0.383 e. The predicted molar refractivity (Wildman–Crippen MR) is 55.9 cm³/mol. The number of aliphatic hydroxyl groups is 1. The fourth-order valence-corrected chi connectivity index (χ4v) is 1.98. The van der Waals surface area contributed by atoms with Gasteiger partial charge in [0.2, 0.25) is 0 Å². The lowest BCUT2D eigenvalue weighted by Crippen LogP contribution is -2.30. The van der Waals surface area contributed by atoms with Crippen LogP contribution in [0.25, 0.3) is 0 Å². The number of hydrogen-bond donors (Lipinski definition) is 1. The second-order valence-electron chi connectivity index (χ2n) is 3.09. The van der Waals surface area contributed by atoms with E-state index in [1.54, 1.807) is 0 Å². The van der Waals surface area contributed by atoms with E-state index in [2.05, 4.69) is 0 Å². The van der Waals surface area contributed by atoms with Crippen LogP contribution >= 0.6 is 11.8 Å². The van der Waals surface area contributed by atoms with Gasteiger partial charge in [-0.25, -0.2) is 0 Å². The third-order valence-electron chi connectivity index (χ3n) is 1.84. The first kappa shape index (κ1) is 13.8. The van der Waals surface area contributed by atoms with Gasteiger partial charge in [-0.05, 0) is 6.07 Å². The summed E-state index contributed by atoms with van der Waals surface area (Å²) in [6.07, 6.45) is -7.20. The second kappa shape index (κ2) is 5.37. The lowest BCUT2D eigenvalue weighted by atomic mass is 10.3. The Kier molecular flexibility index (Phi) is 4.35. The van der Waals surface area contributed by atoms with E-state index in [4.69, 9.17) is 5.11 Å². The maximum atomic E-state index is 12.0. The van der Waals surface area contributed by atoms with Gasteiger partial charge in [0, 0.05) is 11.8 Å². The molecule has 1 N–H and O–H groups in total. The zero-order valence-corrected chi connectivity index (χ0v) is 9.16. The lowest BCUT2D eigenvalue weighted by molar-refractivity contribution is -0.387. The van der Waals surface area contributed by atoms with Crippen molar-refractivity contribution < 1.29 is 23.2 Å². The Balaban J connectivity index is 2.73. The topological polar surface area (TPSA) is 63.4 Å². The molecule has 0 spiro atoms. The number of halogens is 3. The van der Waals surface area contributed by atoms with Gasteiger partial charge in [0.05, 0.1) is 9.82 Å². The van der Waals surface area contributed by atoms with E-state index in [-0.39, 0.29) is 10.6 Å². The molecule has 0 radical (unpaired) electrons. The van der Waals surface area contributed by atoms with Crippen LogP contribution in [0.1, 0.15) is 0 Å². The van der Waals surface area contributed by atoms with Crippen LogP contribution in [0.2, 0.25) is 0 Å². The molecule has 0 aliphatic heterocycles. The first-order valence-electron chi connectivity index (χ1n) is 4.43. The molecule has 1 atom stereocenters. The van der Waals surface area contributed by atoms with Crippen LogP contribution in [0.15, 0.2) is 29.2 Å². The van der Waals surface area contributed by atoms with Gasteiger partial charge in [-0.1, -0.05) is 12.1 Å². The Morgan fingerprint density at radius 1 is 1.41 bits per heavy atom. The van der Waals surface area contributed by atoms with Crippen LogP contribution in [-0.2, 0) is 0 Å². The molecule has 0 saturated carbocycles. The molecule has 1 rings (SSSR count). The molecule has 1 aromatic rings. The number of hydrogen-bond acceptors (Lipinski definition) is 4. The summed E-state index contributed by atoms with van der Waals surface area (Å²) in [5, 5.41) is 19.3. The van der Waals surface area contributed by atoms with E-state index in [9.17, 15) is 23.3 Å². The van der Waals surface area contributed by atoms with Gasteiger partial charge < -0.3 is 5.11 Å². The highest BCUT2D eigenvalue weighted by Crippen LogP contribution is 2.31. The van der Waals surface area contributed by atoms with E-state index in [0.717, 1.165) is 0 Å². The Hall–Kier alpha value is -1.28. The van der Waals surface area contributed by atoms with E-state index in [1.807, 2.05) is 0 Å². The quantitative estimate of drug-likeness (QED) is 0.517. The van der Waals surface area contributed by atoms with Crippen molar-refractivity contribution in [3.05, 3.63) is 34.4 Å². The summed E-state index contributed by atoms with van der Waals surface area (Å²) >= 11 is 0.599. The highest BCUT2D eigenvalue weighted by atomic mass is 32.2. The van der Waals surface area contributed by atoms with Gasteiger partial charge in [0.25, 0.3) is 5.69 Å². The number of para-hydroxylation sites is 1. The molecule has 17 heavy (non-hydrogen) atoms. The van der Waals surface area contributed by atoms with Gasteiger partial charge in [-0.15, -0.1) is 11.8 Å². The molecule has 0 aliphatic rings. The zero-order valence-electron chi connectivity index (χ0n) is 8.35. The van der Waals surface area contributed by atoms with Crippen molar-refractivity contribution in [2.45, 2.75) is 17.2 Å². The van der Waals surface area contributed by atoms with Crippen molar-refractivity contribution in [2.75, 3.05) is 5.75 Å². The number of benzene rings is 1. The third-order valence-corrected chi connectivity index (χ3v) is 2.98. The number of nitro benzene ring substituents is 1. The zero-order chi connectivity index (χ0) is 13.1. The molecule has 0 aliphatic carbocycles. The average molecular weight is 267 g/mol. The molecule has 0 fully saturated rings. The predicted octanol–water partition coefficient (Wildman–Crippen LogP) is 2.61. The molecular weight excluding hydrogens is 259 g/mol. The fraction of sp³-hybridized carbons (Fsp3) is 0.333. The second-order valence-corrected chi connectivity index (χ2v) is 4.16. The number of nitro groups is 1. The lowest BCUT2D eigenvalue weighted by Gasteiger charge is -2.13. The van der Waals surface area contributed by atoms with Crippen LogP contribution in [0.5, 0.6) is 0 Å². The van der Waals surface area contributed by atoms with E-state index in [1.165, 1.54) is 24.3 Å². The minimum absolute atomic E-state index is 0.0980. The summed E-state index contributed by atoms with van der Waals surface area (Å²) in [5.41, 5.74) is -0.271. The normalized spacial score (nSPS) is 13.4. The molecule has 0 saturated heterocycles. The molecule has 0 bridgehead atoms. The maximum absolute atomic E-state index is 12.0. The molecule has 0 heterocycles. The van der Waals surface area contributed by atoms with Crippen LogP contribution in [0.4, 0.5) is 18.9 Å². The summed E-state index contributed by atoms with van der Waals surface area (Å²) < 4.78 is 36.0. The van der Waals surface area contributed by atoms with Crippen molar-refractivity contribution in [1.29, 1.82) is 0 Å². The van der Waals surface area contributed by atoms with E-state index in [0.29, 0.717) is 11.8 Å². The number of aliphatic hydroxyl groups excluding tert-OH is 1. The number of thioether (sulfide) groups is 1. The highest BCUT2D eigenvalue weighted by molar-refractivity contribution is 7.99. The van der Waals surface area contributed by atoms with Crippen LogP contribution < -0.4 is 0 Å². The summed E-state index contributed by atoms with van der Waals surface area (Å²) in [7, 11) is 0. The Morgan fingerprint density at radius 3 is 2.53 bits per heavy atom. The Morgan fingerprint density at radius 2 is 2.00 bits per heavy atom. The third kappa shape index (κ3) is 3.90. The number of rotatable bonds is 4. The number of nitrogens with zero attached hydrogens (tertiary/aromatic N) is 1. The summed E-state index contributed by atoms with van der Waals surface area (Å²) in [6.45, 7) is 0. The van der Waals surface area contributed by atoms with E-state index < -0.39 is 23.0 Å². The molecule has 4 nitrogen and oxygen atoms in total. The smallest absolute Gasteiger partial charge is 0.383 e. The van der Waals surface area contributed by atoms with Crippen LogP contribution in [0.3, 0.4) is 0 Å². The van der Waals surface area contributed by atoms with Crippen molar-refractivity contribution in [3.8, 4) is 0 Å². The van der Waals surface area contributed by atoms with Gasteiger partial charge in [0.1, 0.15) is 0 Å². The van der Waals surface area contributed by atoms with Gasteiger partial charge >= 0.3 is 6.18 Å². The van der Waals surface area contributed by atoms with Gasteiger partial charge in [-0.3, -0.25) is 10.1 Å². The first-order chi connectivity index (χ1) is 7.82. The maximum Gasteiger partial charge on any atom is 0.415 e. The Labute approximate surface area is 98.6 Å². The minimum atomic E-state index is -4.71. The molecule has 0 amide bonds. The van der Waals surface area contributed by atoms with Gasteiger partial charge in [-0.2, -0.15) is 13.2 Å². The summed E-state index contributed by atoms with van der Waals surface area (Å²) in [4.78, 5) is 9.99. The summed E-state index contributed by atoms with van der Waals surface area (Å²) in [6, 6.07) is 5.44. The van der Waals surface area contributed by atoms with Crippen molar-refractivity contribution in [3.63, 3.8) is 0 Å². The monoisotopic (exact) mass is 267 g/mol. The van der Waals surface area contributed by atoms with Crippen LogP contribution in [0, 0.1) is 10.1 Å². The average Bonchev–Trinajstić information content (AvgIpc) is 2.24. The molecule has 8 heteroatoms. The largest absolute Gasteiger partial charge is 0.415 e. The number of alkyl halides is 3. The van der Waals surface area contributed by atoms with Crippen LogP contribution in [-0.4, -0.2) is 28.1 Å². The molecular formula is C9H8F3NO3S. The SMILES string of the molecule is O=[N+]([O-])c1ccccc1SCC(O)C(F)(F)F. The van der Waals surface area contributed by atoms with E-state index >= 15 is 0 Å².